The fourth-order valence-corrected chi connectivity index (χ4v) is 5.60. The number of amides is 1. The number of nitrogens with zero attached hydrogens (tertiary/aromatic N) is 4. The van der Waals surface area contributed by atoms with E-state index in [4.69, 9.17) is 5.73 Å². The Bertz CT molecular complexity index is 788. The van der Waals surface area contributed by atoms with Crippen molar-refractivity contribution in [2.45, 2.75) is 30.8 Å². The Morgan fingerprint density at radius 2 is 2.03 bits per heavy atom. The van der Waals surface area contributed by atoms with E-state index >= 15 is 0 Å². The van der Waals surface area contributed by atoms with Gasteiger partial charge in [-0.3, -0.25) is 19.7 Å². The van der Waals surface area contributed by atoms with E-state index in [1.54, 1.807) is 5.01 Å². The van der Waals surface area contributed by atoms with Crippen molar-refractivity contribution in [2.24, 2.45) is 16.6 Å². The molecule has 0 spiro atoms. The molecule has 4 aliphatic heterocycles. The molecule has 30 heavy (non-hydrogen) atoms. The molecular formula is C17H31FN8O3S. The van der Waals surface area contributed by atoms with E-state index in [-0.39, 0.29) is 31.1 Å². The topological polar surface area (TPSA) is 135 Å². The number of carbonyl (C=O) groups excluding carboxylic acids is 1. The monoisotopic (exact) mass is 446 g/mol. The summed E-state index contributed by atoms with van der Waals surface area (Å²) in [7, 11) is -3.19. The summed E-state index contributed by atoms with van der Waals surface area (Å²) in [6.07, 6.45) is 0.363. The first-order valence-corrected chi connectivity index (χ1v) is 12.3. The second kappa shape index (κ2) is 8.63. The third-order valence-electron chi connectivity index (χ3n) is 6.32. The molecule has 0 saturated carbocycles. The quantitative estimate of drug-likeness (QED) is 0.356. The lowest BCUT2D eigenvalue weighted by Crippen LogP contribution is -2.64. The maximum atomic E-state index is 13.6. The number of sulfonamides is 1. The number of piperidine rings is 1. The zero-order valence-electron chi connectivity index (χ0n) is 17.1. The summed E-state index contributed by atoms with van der Waals surface area (Å²) in [4.78, 5) is 19.6. The normalized spacial score (nSPS) is 36.3. The van der Waals surface area contributed by atoms with E-state index < -0.39 is 28.3 Å². The van der Waals surface area contributed by atoms with Crippen molar-refractivity contribution in [1.82, 2.24) is 30.3 Å². The van der Waals surface area contributed by atoms with Crippen LogP contribution in [0.2, 0.25) is 0 Å². The molecule has 0 bridgehead atoms. The van der Waals surface area contributed by atoms with Crippen molar-refractivity contribution in [2.75, 3.05) is 58.6 Å². The molecule has 5 N–H and O–H groups in total. The molecule has 0 aromatic heterocycles. The number of piperazine rings is 1. The van der Waals surface area contributed by atoms with Crippen LogP contribution in [0.5, 0.6) is 0 Å². The van der Waals surface area contributed by atoms with Crippen LogP contribution in [0.3, 0.4) is 0 Å². The summed E-state index contributed by atoms with van der Waals surface area (Å²) in [5.74, 6) is -0.389. The van der Waals surface area contributed by atoms with Crippen molar-refractivity contribution < 1.29 is 17.6 Å². The van der Waals surface area contributed by atoms with E-state index in [1.807, 2.05) is 0 Å². The summed E-state index contributed by atoms with van der Waals surface area (Å²) in [5, 5.41) is 8.00. The number of rotatable bonds is 4. The Hall–Kier alpha value is -1.38. The number of carbonyl (C=O) groups is 1. The van der Waals surface area contributed by atoms with Gasteiger partial charge in [0.05, 0.1) is 31.6 Å². The molecule has 5 atom stereocenters. The van der Waals surface area contributed by atoms with Gasteiger partial charge in [-0.15, -0.1) is 0 Å². The summed E-state index contributed by atoms with van der Waals surface area (Å²) in [6, 6.07) is -0.0162. The van der Waals surface area contributed by atoms with Gasteiger partial charge in [-0.05, 0) is 13.0 Å². The number of halogens is 1. The Morgan fingerprint density at radius 3 is 2.73 bits per heavy atom. The molecule has 0 aliphatic carbocycles. The van der Waals surface area contributed by atoms with Crippen molar-refractivity contribution >= 4 is 21.8 Å². The molecule has 3 fully saturated rings. The minimum absolute atomic E-state index is 0.0439. The van der Waals surface area contributed by atoms with Gasteiger partial charge in [0.15, 0.2) is 0 Å². The lowest BCUT2D eigenvalue weighted by molar-refractivity contribution is -0.124. The summed E-state index contributed by atoms with van der Waals surface area (Å²) >= 11 is 0. The van der Waals surface area contributed by atoms with E-state index in [1.165, 1.54) is 10.6 Å². The average Bonchev–Trinajstić information content (AvgIpc) is 3.02. The molecule has 13 heteroatoms. The lowest BCUT2D eigenvalue weighted by atomic mass is 9.96. The Kier molecular flexibility index (Phi) is 6.28. The van der Waals surface area contributed by atoms with Crippen molar-refractivity contribution in [1.29, 1.82) is 0 Å². The summed E-state index contributed by atoms with van der Waals surface area (Å²) in [6.45, 7) is 3.82. The van der Waals surface area contributed by atoms with E-state index in [2.05, 4.69) is 26.0 Å². The van der Waals surface area contributed by atoms with Gasteiger partial charge in [0.1, 0.15) is 17.9 Å². The van der Waals surface area contributed by atoms with Crippen LogP contribution < -0.4 is 21.8 Å². The van der Waals surface area contributed by atoms with Gasteiger partial charge in [-0.1, -0.05) is 0 Å². The van der Waals surface area contributed by atoms with E-state index in [0.29, 0.717) is 38.6 Å². The lowest BCUT2D eigenvalue weighted by Gasteiger charge is -2.44. The van der Waals surface area contributed by atoms with Crippen LogP contribution in [0.15, 0.2) is 4.99 Å². The molecule has 4 rings (SSSR count). The van der Waals surface area contributed by atoms with Crippen LogP contribution in [-0.2, 0) is 14.8 Å². The Balaban J connectivity index is 1.41. The first-order valence-electron chi connectivity index (χ1n) is 10.4. The van der Waals surface area contributed by atoms with Gasteiger partial charge in [-0.25, -0.2) is 18.2 Å². The minimum atomic E-state index is -3.19. The molecule has 0 radical (unpaired) electrons. The second-order valence-corrected chi connectivity index (χ2v) is 10.4. The zero-order valence-corrected chi connectivity index (χ0v) is 17.9. The first-order chi connectivity index (χ1) is 14.2. The highest BCUT2D eigenvalue weighted by Crippen LogP contribution is 2.21. The minimum Gasteiger partial charge on any atom is -0.350 e. The molecule has 170 valence electrons. The van der Waals surface area contributed by atoms with Crippen LogP contribution in [0, 0.1) is 5.92 Å². The van der Waals surface area contributed by atoms with Gasteiger partial charge < -0.3 is 16.4 Å². The molecule has 0 aromatic rings. The smallest absolute Gasteiger partial charge is 0.234 e. The maximum absolute atomic E-state index is 13.6. The molecule has 1 amide bonds. The van der Waals surface area contributed by atoms with Gasteiger partial charge in [0.2, 0.25) is 15.9 Å². The number of amidine groups is 1. The Morgan fingerprint density at radius 1 is 1.30 bits per heavy atom. The van der Waals surface area contributed by atoms with Crippen LogP contribution in [0.1, 0.15) is 6.42 Å². The Labute approximate surface area is 176 Å². The molecule has 5 unspecified atom stereocenters. The van der Waals surface area contributed by atoms with Crippen molar-refractivity contribution in [3.8, 4) is 0 Å². The highest BCUT2D eigenvalue weighted by atomic mass is 32.2. The van der Waals surface area contributed by atoms with E-state index in [0.717, 1.165) is 13.0 Å². The number of nitrogens with one attached hydrogen (secondary N) is 3. The van der Waals surface area contributed by atoms with Crippen LogP contribution in [0.4, 0.5) is 4.39 Å². The molecule has 4 aliphatic rings. The van der Waals surface area contributed by atoms with Gasteiger partial charge in [0.25, 0.3) is 0 Å². The molecule has 3 saturated heterocycles. The number of hydrogen-bond donors (Lipinski definition) is 4. The number of nitrogens with two attached hydrogens (primary N) is 1. The van der Waals surface area contributed by atoms with Crippen LogP contribution in [0.25, 0.3) is 0 Å². The van der Waals surface area contributed by atoms with Gasteiger partial charge in [0, 0.05) is 38.8 Å². The van der Waals surface area contributed by atoms with Crippen molar-refractivity contribution in [3.05, 3.63) is 0 Å². The molecule has 4 heterocycles. The highest BCUT2D eigenvalue weighted by Gasteiger charge is 2.45. The number of alkyl halides is 1. The molecular weight excluding hydrogens is 415 g/mol. The maximum Gasteiger partial charge on any atom is 0.234 e. The molecule has 11 nitrogen and oxygen atoms in total. The fraction of sp³-hybridized carbons (Fsp3) is 0.882. The fourth-order valence-electron chi connectivity index (χ4n) is 4.78. The molecule has 0 aromatic carbocycles. The number of hydrogen-bond acceptors (Lipinski definition) is 9. The van der Waals surface area contributed by atoms with Crippen molar-refractivity contribution in [3.63, 3.8) is 0 Å². The highest BCUT2D eigenvalue weighted by molar-refractivity contribution is 7.88. The SMILES string of the molecule is CS(=O)(=O)N1CCN(C2CCNCC2NC(=O)C2C3=NCC(F)CN3NC2N)CC1. The standard InChI is InChI=1S/C17H31FN8O3S/c1-30(28,29)25-6-4-24(5-7-25)13-2-3-20-9-12(13)22-17(27)14-15(19)23-26-10-11(18)8-21-16(14)26/h11-15,20,23H,2-10,19H2,1H3,(H,22,27). The first kappa shape index (κ1) is 21.8. The summed E-state index contributed by atoms with van der Waals surface area (Å²) in [5.41, 5.74) is 9.06. The average molecular weight is 447 g/mol. The van der Waals surface area contributed by atoms with Crippen LogP contribution in [-0.4, -0.2) is 117 Å². The largest absolute Gasteiger partial charge is 0.350 e. The van der Waals surface area contributed by atoms with Gasteiger partial charge in [-0.2, -0.15) is 4.31 Å². The van der Waals surface area contributed by atoms with Gasteiger partial charge >= 0.3 is 0 Å². The predicted molar refractivity (Wildman–Crippen MR) is 110 cm³/mol. The second-order valence-electron chi connectivity index (χ2n) is 8.41. The van der Waals surface area contributed by atoms with E-state index in [9.17, 15) is 17.6 Å². The number of hydrazine groups is 1. The number of aliphatic imine (C=N–C) groups is 1. The number of fused-ring (bicyclic) bond motifs is 1. The zero-order chi connectivity index (χ0) is 21.5. The third kappa shape index (κ3) is 4.46. The third-order valence-corrected chi connectivity index (χ3v) is 7.62. The summed E-state index contributed by atoms with van der Waals surface area (Å²) < 4.78 is 38.7. The predicted octanol–water partition coefficient (Wildman–Crippen LogP) is -3.12. The van der Waals surface area contributed by atoms with Crippen LogP contribution >= 0.6 is 0 Å².